The molecule has 0 fully saturated rings. The quantitative estimate of drug-likeness (QED) is 0.648. The monoisotopic (exact) mass is 431 g/mol. The number of pyridine rings is 3. The van der Waals surface area contributed by atoms with Crippen LogP contribution in [0.3, 0.4) is 0 Å². The molecule has 0 aliphatic carbocycles. The van der Waals surface area contributed by atoms with Crippen molar-refractivity contribution in [1.82, 2.24) is 25.2 Å². The number of carbonyl (C=O) groups excluding carboxylic acids is 1. The summed E-state index contributed by atoms with van der Waals surface area (Å²) in [6, 6.07) is 7.69. The molecule has 3 aromatic heterocycles. The summed E-state index contributed by atoms with van der Waals surface area (Å²) in [5, 5.41) is 2.62. The molecule has 4 heterocycles. The van der Waals surface area contributed by atoms with Crippen molar-refractivity contribution in [1.29, 1.82) is 0 Å². The van der Waals surface area contributed by atoms with Gasteiger partial charge in [0.1, 0.15) is 5.69 Å². The molecule has 0 spiro atoms. The van der Waals surface area contributed by atoms with Gasteiger partial charge >= 0.3 is 0 Å². The summed E-state index contributed by atoms with van der Waals surface area (Å²) < 4.78 is 0. The minimum absolute atomic E-state index is 0.0375. The highest BCUT2D eigenvalue weighted by Crippen LogP contribution is 2.30. The van der Waals surface area contributed by atoms with E-state index in [0.29, 0.717) is 18.0 Å². The number of H-pyrrole nitrogens is 1. The zero-order valence-electron chi connectivity index (χ0n) is 19.0. The lowest BCUT2D eigenvalue weighted by Crippen LogP contribution is -2.33. The molecule has 1 atom stereocenters. The fraction of sp³-hybridized carbons (Fsp3) is 0.360. The first kappa shape index (κ1) is 21.9. The summed E-state index contributed by atoms with van der Waals surface area (Å²) in [6.45, 7) is 8.63. The molecule has 32 heavy (non-hydrogen) atoms. The second-order valence-electron chi connectivity index (χ2n) is 8.42. The van der Waals surface area contributed by atoms with Crippen LogP contribution in [0, 0.1) is 12.8 Å². The lowest BCUT2D eigenvalue weighted by atomic mass is 9.89. The van der Waals surface area contributed by atoms with Crippen molar-refractivity contribution in [2.24, 2.45) is 5.92 Å². The van der Waals surface area contributed by atoms with Gasteiger partial charge in [-0.05, 0) is 54.2 Å². The van der Waals surface area contributed by atoms with Crippen LogP contribution in [0.2, 0.25) is 0 Å². The molecule has 1 unspecified atom stereocenters. The molecule has 0 saturated heterocycles. The number of hydrogen-bond acceptors (Lipinski definition) is 5. The van der Waals surface area contributed by atoms with E-state index in [0.717, 1.165) is 53.1 Å². The van der Waals surface area contributed by atoms with Gasteiger partial charge in [-0.1, -0.05) is 26.0 Å². The summed E-state index contributed by atoms with van der Waals surface area (Å²) in [6.07, 6.45) is 4.84. The number of nitrogens with zero attached hydrogens (tertiary/aromatic N) is 3. The number of hydrogen-bond donors (Lipinski definition) is 2. The molecule has 1 aliphatic heterocycles. The van der Waals surface area contributed by atoms with Crippen LogP contribution in [0.5, 0.6) is 0 Å². The fourth-order valence-corrected chi connectivity index (χ4v) is 4.39. The van der Waals surface area contributed by atoms with Crippen LogP contribution in [0.1, 0.15) is 46.7 Å². The highest BCUT2D eigenvalue weighted by molar-refractivity contribution is 5.92. The van der Waals surface area contributed by atoms with Crippen LogP contribution in [0.4, 0.5) is 0 Å². The molecular weight excluding hydrogens is 402 g/mol. The first-order chi connectivity index (χ1) is 15.4. The number of nitrogens with one attached hydrogen (secondary N) is 2. The SMILES string of the molecule is CCc1cc2ncc(CN3CC=C(c4ccc(C(=O)NC)nc4C)C(C)C3)cc2[nH]c1=O. The number of amides is 1. The Morgan fingerprint density at radius 2 is 2.12 bits per heavy atom. The lowest BCUT2D eigenvalue weighted by molar-refractivity contribution is 0.0958. The standard InChI is InChI=1S/C25H29N5O2/c1-5-18-11-22-23(29-24(18)31)10-17(12-27-22)14-30-9-8-19(15(2)13-30)20-6-7-21(25(32)26-4)28-16(20)3/h6-8,10-12,15H,5,9,13-14H2,1-4H3,(H,26,32)(H,29,31). The Hall–Kier alpha value is -3.32. The highest BCUT2D eigenvalue weighted by atomic mass is 16.1. The maximum Gasteiger partial charge on any atom is 0.269 e. The summed E-state index contributed by atoms with van der Waals surface area (Å²) in [4.78, 5) is 38.4. The van der Waals surface area contributed by atoms with Crippen molar-refractivity contribution in [2.45, 2.75) is 33.7 Å². The molecule has 7 heteroatoms. The van der Waals surface area contributed by atoms with E-state index in [1.54, 1.807) is 13.1 Å². The first-order valence-electron chi connectivity index (χ1n) is 11.0. The van der Waals surface area contributed by atoms with Gasteiger partial charge < -0.3 is 10.3 Å². The summed E-state index contributed by atoms with van der Waals surface area (Å²) in [5.41, 5.74) is 7.07. The molecule has 2 N–H and O–H groups in total. The number of aryl methyl sites for hydroxylation is 2. The predicted octanol–water partition coefficient (Wildman–Crippen LogP) is 3.08. The van der Waals surface area contributed by atoms with E-state index in [1.807, 2.05) is 38.2 Å². The predicted molar refractivity (Wildman–Crippen MR) is 127 cm³/mol. The number of rotatable bonds is 5. The Morgan fingerprint density at radius 3 is 2.81 bits per heavy atom. The Bertz CT molecular complexity index is 1260. The Morgan fingerprint density at radius 1 is 1.31 bits per heavy atom. The van der Waals surface area contributed by atoms with Gasteiger partial charge in [0.05, 0.1) is 11.0 Å². The first-order valence-corrected chi connectivity index (χ1v) is 11.0. The summed E-state index contributed by atoms with van der Waals surface area (Å²) >= 11 is 0. The average Bonchev–Trinajstić information content (AvgIpc) is 2.78. The van der Waals surface area contributed by atoms with E-state index < -0.39 is 0 Å². The van der Waals surface area contributed by atoms with E-state index in [4.69, 9.17) is 0 Å². The largest absolute Gasteiger partial charge is 0.354 e. The minimum atomic E-state index is -0.173. The molecule has 0 radical (unpaired) electrons. The molecule has 0 saturated carbocycles. The molecule has 0 bridgehead atoms. The van der Waals surface area contributed by atoms with E-state index in [1.165, 1.54) is 5.57 Å². The summed E-state index contributed by atoms with van der Waals surface area (Å²) in [7, 11) is 1.61. The topological polar surface area (TPSA) is 91.0 Å². The van der Waals surface area contributed by atoms with E-state index in [-0.39, 0.29) is 11.5 Å². The second kappa shape index (κ2) is 9.04. The van der Waals surface area contributed by atoms with Crippen molar-refractivity contribution < 1.29 is 4.79 Å². The maximum atomic E-state index is 12.2. The second-order valence-corrected chi connectivity index (χ2v) is 8.42. The number of aromatic nitrogens is 3. The molecule has 1 aliphatic rings. The van der Waals surface area contributed by atoms with Crippen molar-refractivity contribution in [3.8, 4) is 0 Å². The number of fused-ring (bicyclic) bond motifs is 1. The van der Waals surface area contributed by atoms with Crippen molar-refractivity contribution >= 4 is 22.5 Å². The smallest absolute Gasteiger partial charge is 0.269 e. The van der Waals surface area contributed by atoms with Gasteiger partial charge in [0.2, 0.25) is 0 Å². The Balaban J connectivity index is 1.52. The average molecular weight is 432 g/mol. The molecule has 1 amide bonds. The zero-order valence-corrected chi connectivity index (χ0v) is 19.0. The van der Waals surface area contributed by atoms with Gasteiger partial charge in [0.15, 0.2) is 0 Å². The van der Waals surface area contributed by atoms with Gasteiger partial charge in [0.25, 0.3) is 11.5 Å². The van der Waals surface area contributed by atoms with E-state index in [2.05, 4.69) is 38.2 Å². The van der Waals surface area contributed by atoms with E-state index in [9.17, 15) is 9.59 Å². The van der Waals surface area contributed by atoms with Crippen LogP contribution >= 0.6 is 0 Å². The third-order valence-electron chi connectivity index (χ3n) is 6.10. The van der Waals surface area contributed by atoms with Gasteiger partial charge in [0, 0.05) is 44.1 Å². The molecule has 4 rings (SSSR count). The number of aromatic amines is 1. The van der Waals surface area contributed by atoms with Gasteiger partial charge in [-0.25, -0.2) is 4.98 Å². The van der Waals surface area contributed by atoms with Crippen molar-refractivity contribution in [3.05, 3.63) is 75.0 Å². The minimum Gasteiger partial charge on any atom is -0.354 e. The fourth-order valence-electron chi connectivity index (χ4n) is 4.39. The normalized spacial score (nSPS) is 16.8. The van der Waals surface area contributed by atoms with Gasteiger partial charge in [-0.2, -0.15) is 0 Å². The lowest BCUT2D eigenvalue weighted by Gasteiger charge is -2.31. The van der Waals surface area contributed by atoms with Gasteiger partial charge in [-0.15, -0.1) is 0 Å². The van der Waals surface area contributed by atoms with Crippen LogP contribution in [-0.2, 0) is 13.0 Å². The molecule has 166 valence electrons. The molecule has 7 nitrogen and oxygen atoms in total. The van der Waals surface area contributed by atoms with Crippen molar-refractivity contribution in [3.63, 3.8) is 0 Å². The Labute approximate surface area is 187 Å². The van der Waals surface area contributed by atoms with Gasteiger partial charge in [-0.3, -0.25) is 19.5 Å². The van der Waals surface area contributed by atoms with Crippen LogP contribution in [0.25, 0.3) is 16.6 Å². The van der Waals surface area contributed by atoms with Crippen LogP contribution in [0.15, 0.2) is 41.3 Å². The third kappa shape index (κ3) is 4.34. The molecule has 0 aromatic carbocycles. The Kier molecular flexibility index (Phi) is 6.19. The van der Waals surface area contributed by atoms with Crippen molar-refractivity contribution in [2.75, 3.05) is 20.1 Å². The van der Waals surface area contributed by atoms with Crippen LogP contribution < -0.4 is 10.9 Å². The highest BCUT2D eigenvalue weighted by Gasteiger charge is 2.22. The maximum absolute atomic E-state index is 12.2. The summed E-state index contributed by atoms with van der Waals surface area (Å²) in [5.74, 6) is 0.156. The number of carbonyl (C=O) groups is 1. The molecule has 3 aromatic rings. The van der Waals surface area contributed by atoms with Crippen LogP contribution in [-0.4, -0.2) is 45.9 Å². The zero-order chi connectivity index (χ0) is 22.8. The third-order valence-corrected chi connectivity index (χ3v) is 6.10. The van der Waals surface area contributed by atoms with E-state index >= 15 is 0 Å². The molecular formula is C25H29N5O2.